The molecular formula is C91H77N11O15. The SMILES string of the molecule is CC(=O)OC(C(=O)Cc1ccc(C#N)cc1)c1c(-c2ccccc2)ccc2cncn12.CC(=O)OC(C(=O)O)c1c(-c2ccccc2)ccc2cncn12.CCOC(=O)C(O)c1c(-c2ccccc2)ccc2cncn12.CCOC(=O)Cc1c(-c2ccccc2)ccc2cncn12.O=C(O)C(O)c1c(-c2ccccc2)ccc2cncn12. The fourth-order valence-corrected chi connectivity index (χ4v) is 13.3. The van der Waals surface area contributed by atoms with Crippen LogP contribution in [0, 0.1) is 11.3 Å². The third kappa shape index (κ3) is 19.2. The van der Waals surface area contributed by atoms with Gasteiger partial charge in [-0.3, -0.25) is 36.8 Å². The predicted molar refractivity (Wildman–Crippen MR) is 434 cm³/mol. The number of carboxylic acids is 2. The number of Topliss-reactive ketones (excluding diaryl/α,β-unsaturated/α-hetero) is 1. The number of benzene rings is 6. The highest BCUT2D eigenvalue weighted by Crippen LogP contribution is 2.37. The lowest BCUT2D eigenvalue weighted by Crippen LogP contribution is -2.23. The molecule has 0 saturated carbocycles. The van der Waals surface area contributed by atoms with Gasteiger partial charge in [0.25, 0.3) is 0 Å². The number of hydrogen-bond donors (Lipinski definition) is 4. The first-order valence-electron chi connectivity index (χ1n) is 36.8. The van der Waals surface area contributed by atoms with Crippen LogP contribution >= 0.6 is 0 Å². The van der Waals surface area contributed by atoms with Crippen LogP contribution in [-0.4, -0.2) is 122 Å². The van der Waals surface area contributed by atoms with Crippen LogP contribution in [0.1, 0.15) is 91.7 Å². The van der Waals surface area contributed by atoms with Crippen molar-refractivity contribution in [3.05, 3.63) is 339 Å². The number of ether oxygens (including phenoxy) is 4. The van der Waals surface area contributed by atoms with Crippen LogP contribution in [-0.2, 0) is 65.4 Å². The molecule has 10 aromatic heterocycles. The van der Waals surface area contributed by atoms with Crippen molar-refractivity contribution < 1.29 is 72.9 Å². The quantitative estimate of drug-likeness (QED) is 0.0383. The number of nitriles is 1. The van der Waals surface area contributed by atoms with Crippen molar-refractivity contribution >= 4 is 69.2 Å². The van der Waals surface area contributed by atoms with Gasteiger partial charge in [-0.1, -0.05) is 194 Å². The number of fused-ring (bicyclic) bond motifs is 5. The van der Waals surface area contributed by atoms with Crippen LogP contribution in [0.4, 0.5) is 0 Å². The van der Waals surface area contributed by atoms with Crippen LogP contribution in [0.25, 0.3) is 83.2 Å². The number of aromatic nitrogens is 10. The van der Waals surface area contributed by atoms with Crippen molar-refractivity contribution in [1.82, 2.24) is 46.9 Å². The van der Waals surface area contributed by atoms with Gasteiger partial charge in [0.1, 0.15) is 0 Å². The van der Waals surface area contributed by atoms with E-state index in [4.69, 9.17) is 29.3 Å². The van der Waals surface area contributed by atoms with Crippen LogP contribution in [0.5, 0.6) is 0 Å². The summed E-state index contributed by atoms with van der Waals surface area (Å²) < 4.78 is 29.3. The zero-order valence-corrected chi connectivity index (χ0v) is 63.6. The van der Waals surface area contributed by atoms with Crippen LogP contribution in [0.15, 0.2) is 299 Å². The average Bonchev–Trinajstić information content (AvgIpc) is 1.69. The van der Waals surface area contributed by atoms with Crippen molar-refractivity contribution in [1.29, 1.82) is 5.26 Å². The number of hydrogen-bond acceptors (Lipinski definition) is 19. The van der Waals surface area contributed by atoms with E-state index in [1.165, 1.54) is 26.5 Å². The molecule has 0 fully saturated rings. The summed E-state index contributed by atoms with van der Waals surface area (Å²) in [7, 11) is 0. The van der Waals surface area contributed by atoms with E-state index in [2.05, 4.69) is 31.0 Å². The molecule has 4 N–H and O–H groups in total. The van der Waals surface area contributed by atoms with E-state index in [9.17, 15) is 48.9 Å². The van der Waals surface area contributed by atoms with E-state index < -0.39 is 54.3 Å². The Kier molecular flexibility index (Phi) is 26.5. The van der Waals surface area contributed by atoms with E-state index in [0.29, 0.717) is 46.1 Å². The van der Waals surface area contributed by atoms with E-state index in [1.807, 2.05) is 212 Å². The summed E-state index contributed by atoms with van der Waals surface area (Å²) in [4.78, 5) is 104. The minimum absolute atomic E-state index is 0.0585. The molecule has 26 nitrogen and oxygen atoms in total. The fourth-order valence-electron chi connectivity index (χ4n) is 13.3. The number of aliphatic hydroxyl groups is 2. The van der Waals surface area contributed by atoms with Gasteiger partial charge in [-0.05, 0) is 89.7 Å². The number of nitrogens with zero attached hydrogens (tertiary/aromatic N) is 11. The first-order valence-corrected chi connectivity index (χ1v) is 36.8. The average molecular weight is 1560 g/mol. The predicted octanol–water partition coefficient (Wildman–Crippen LogP) is 14.8. The Hall–Kier alpha value is -15.3. The largest absolute Gasteiger partial charge is 0.479 e. The summed E-state index contributed by atoms with van der Waals surface area (Å²) in [6.45, 7) is 6.61. The molecule has 16 aromatic rings. The molecular weight excluding hydrogens is 1490 g/mol. The molecule has 586 valence electrons. The first-order chi connectivity index (χ1) is 56.8. The highest BCUT2D eigenvalue weighted by Gasteiger charge is 2.32. The van der Waals surface area contributed by atoms with Gasteiger partial charge >= 0.3 is 35.8 Å². The number of carbonyl (C=O) groups excluding carboxylic acids is 5. The van der Waals surface area contributed by atoms with Gasteiger partial charge in [-0.2, -0.15) is 5.26 Å². The number of carbonyl (C=O) groups is 7. The molecule has 26 heteroatoms. The molecule has 0 amide bonds. The molecule has 0 radical (unpaired) electrons. The maximum absolute atomic E-state index is 13.4. The minimum atomic E-state index is -1.61. The summed E-state index contributed by atoms with van der Waals surface area (Å²) in [6, 6.07) is 75.7. The Bertz CT molecular complexity index is 6220. The van der Waals surface area contributed by atoms with Gasteiger partial charge in [-0.15, -0.1) is 0 Å². The van der Waals surface area contributed by atoms with Gasteiger partial charge in [0.15, 0.2) is 18.0 Å². The summed E-state index contributed by atoms with van der Waals surface area (Å²) >= 11 is 0. The van der Waals surface area contributed by atoms with Crippen molar-refractivity contribution in [3.8, 4) is 61.7 Å². The van der Waals surface area contributed by atoms with Gasteiger partial charge in [0.2, 0.25) is 12.2 Å². The number of pyridine rings is 5. The summed E-state index contributed by atoms with van der Waals surface area (Å²) in [5.41, 5.74) is 16.3. The third-order valence-electron chi connectivity index (χ3n) is 18.5. The summed E-state index contributed by atoms with van der Waals surface area (Å²) in [5.74, 6) is -4.89. The van der Waals surface area contributed by atoms with E-state index in [1.54, 1.807) is 111 Å². The number of imidazole rings is 5. The van der Waals surface area contributed by atoms with Crippen molar-refractivity contribution in [3.63, 3.8) is 0 Å². The number of aliphatic hydroxyl groups excluding tert-OH is 2. The second-order valence-corrected chi connectivity index (χ2v) is 26.1. The molecule has 0 spiro atoms. The molecule has 16 rings (SSSR count). The lowest BCUT2D eigenvalue weighted by Gasteiger charge is -2.21. The molecule has 117 heavy (non-hydrogen) atoms. The van der Waals surface area contributed by atoms with Crippen molar-refractivity contribution in [2.45, 2.75) is 65.0 Å². The molecule has 0 saturated heterocycles. The van der Waals surface area contributed by atoms with Gasteiger partial charge in [0.05, 0.1) is 144 Å². The minimum Gasteiger partial charge on any atom is -0.479 e. The first kappa shape index (κ1) is 81.2. The highest BCUT2D eigenvalue weighted by atomic mass is 16.6. The van der Waals surface area contributed by atoms with Crippen LogP contribution in [0.2, 0.25) is 0 Å². The Morgan fingerprint density at radius 2 is 0.701 bits per heavy atom. The Balaban J connectivity index is 0.000000136. The number of ketones is 1. The Labute approximate surface area is 669 Å². The summed E-state index contributed by atoms with van der Waals surface area (Å²) in [6.07, 6.45) is 11.1. The lowest BCUT2D eigenvalue weighted by atomic mass is 9.95. The molecule has 0 bridgehead atoms. The second-order valence-electron chi connectivity index (χ2n) is 26.1. The zero-order chi connectivity index (χ0) is 82.5. The van der Waals surface area contributed by atoms with Gasteiger partial charge in [-0.25, -0.2) is 39.3 Å². The number of aliphatic carboxylic acids is 2. The Morgan fingerprint density at radius 3 is 1.06 bits per heavy atom. The van der Waals surface area contributed by atoms with Crippen molar-refractivity contribution in [2.24, 2.45) is 0 Å². The number of rotatable bonds is 21. The van der Waals surface area contributed by atoms with Crippen LogP contribution < -0.4 is 0 Å². The topological polar surface area (TPSA) is 348 Å². The molecule has 0 aliphatic rings. The van der Waals surface area contributed by atoms with E-state index in [-0.39, 0.29) is 31.2 Å². The molecule has 4 atom stereocenters. The van der Waals surface area contributed by atoms with Crippen molar-refractivity contribution in [2.75, 3.05) is 13.2 Å². The van der Waals surface area contributed by atoms with Gasteiger partial charge < -0.3 is 43.8 Å². The molecule has 0 aliphatic heterocycles. The molecule has 10 heterocycles. The second kappa shape index (κ2) is 38.3. The maximum atomic E-state index is 13.4. The lowest BCUT2D eigenvalue weighted by molar-refractivity contribution is -0.163. The molecule has 6 aromatic carbocycles. The Morgan fingerprint density at radius 1 is 0.376 bits per heavy atom. The van der Waals surface area contributed by atoms with Gasteiger partial charge in [0, 0.05) is 53.8 Å². The monoisotopic (exact) mass is 1560 g/mol. The van der Waals surface area contributed by atoms with Crippen LogP contribution in [0.3, 0.4) is 0 Å². The van der Waals surface area contributed by atoms with E-state index in [0.717, 1.165) is 83.3 Å². The zero-order valence-electron chi connectivity index (χ0n) is 63.6. The molecule has 4 unspecified atom stereocenters. The normalized spacial score (nSPS) is 11.8. The smallest absolute Gasteiger partial charge is 0.351 e. The summed E-state index contributed by atoms with van der Waals surface area (Å²) in [5, 5.41) is 48.1. The number of esters is 4. The standard InChI is InChI=1S/C25H19N3O3.C17H14N2O4.C17H16N2O3.C17H16N2O2.C15H12N2O3/c1-17(29)31-25(23(30)13-18-7-9-19(14-26)10-8-18)24-22(20-5-3-2-4-6-20)12-11-21-15-27-16-28(21)24;1-11(20)23-16(17(21)22)15-14(12-5-3-2-4-6-12)8-7-13-9-18-10-19(13)15;1-2-22-17(21)16(20)15-14(12-6-4-3-5-7-12)9-8-13-10-18-11-19(13)15;1-2-21-17(20)10-16-15(13-6-4-3-5-7-13)9-8-14-11-18-12-19(14)16;18-14(15(19)20)13-12(10-4-2-1-3-5-10)7-6-11-8-16-9-17(11)13/h2-12,15-16,25H,13H2,1H3;2-10,16H,1H3,(H,21,22);3-11,16,20H,2H2,1H3;3-9,11-12H,2,10H2,1H3;1-9,14,18H,(H,19,20). The highest BCUT2D eigenvalue weighted by molar-refractivity contribution is 5.91. The van der Waals surface area contributed by atoms with E-state index >= 15 is 0 Å². The molecule has 0 aliphatic carbocycles. The maximum Gasteiger partial charge on any atom is 0.351 e. The fraction of sp³-hybridized carbons (Fsp3) is 0.132. The number of carboxylic acid groups (broad SMARTS) is 2. The third-order valence-corrected chi connectivity index (χ3v) is 18.5.